The number of pyridine rings is 1. The number of likely N-dealkylation sites (N-methyl/N-ethyl adjacent to an activating group) is 1. The molecule has 0 unspecified atom stereocenters. The van der Waals surface area contributed by atoms with E-state index in [-0.39, 0.29) is 5.91 Å². The fraction of sp³-hybridized carbons (Fsp3) is 0.217. The Morgan fingerprint density at radius 3 is 2.44 bits per heavy atom. The van der Waals surface area contributed by atoms with Gasteiger partial charge < -0.3 is 9.80 Å². The van der Waals surface area contributed by atoms with Gasteiger partial charge in [-0.1, -0.05) is 48.5 Å². The highest BCUT2D eigenvalue weighted by Gasteiger charge is 2.23. The highest BCUT2D eigenvalue weighted by molar-refractivity contribution is 5.95. The summed E-state index contributed by atoms with van der Waals surface area (Å²) >= 11 is 0. The van der Waals surface area contributed by atoms with Crippen molar-refractivity contribution in [2.75, 3.05) is 25.0 Å². The van der Waals surface area contributed by atoms with Gasteiger partial charge in [-0.3, -0.25) is 9.78 Å². The number of hydrogen-bond donors (Lipinski definition) is 0. The Hall–Kier alpha value is -3.14. The lowest BCUT2D eigenvalue weighted by atomic mass is 10.1. The second-order valence-corrected chi connectivity index (χ2v) is 6.97. The molecule has 4 heteroatoms. The number of para-hydroxylation sites is 1. The quantitative estimate of drug-likeness (QED) is 0.691. The zero-order valence-electron chi connectivity index (χ0n) is 15.7. The van der Waals surface area contributed by atoms with E-state index in [0.717, 1.165) is 23.5 Å². The Morgan fingerprint density at radius 2 is 1.67 bits per heavy atom. The summed E-state index contributed by atoms with van der Waals surface area (Å²) in [6.45, 7) is 4.05. The molecule has 4 rings (SSSR count). The zero-order valence-corrected chi connectivity index (χ0v) is 15.7. The maximum atomic E-state index is 13.2. The van der Waals surface area contributed by atoms with Crippen molar-refractivity contribution < 1.29 is 4.79 Å². The van der Waals surface area contributed by atoms with Crippen LogP contribution >= 0.6 is 0 Å². The summed E-state index contributed by atoms with van der Waals surface area (Å²) < 4.78 is 0. The summed E-state index contributed by atoms with van der Waals surface area (Å²) in [4.78, 5) is 22.0. The van der Waals surface area contributed by atoms with Crippen molar-refractivity contribution in [3.8, 4) is 11.3 Å². The van der Waals surface area contributed by atoms with Gasteiger partial charge in [0, 0.05) is 37.9 Å². The normalized spacial score (nSPS) is 13.9. The molecule has 3 aromatic rings. The lowest BCUT2D eigenvalue weighted by molar-refractivity contribution is 0.0750. The summed E-state index contributed by atoms with van der Waals surface area (Å²) in [5.41, 5.74) is 5.78. The van der Waals surface area contributed by atoms with Crippen molar-refractivity contribution in [1.29, 1.82) is 0 Å². The van der Waals surface area contributed by atoms with Gasteiger partial charge in [0.15, 0.2) is 0 Å². The van der Waals surface area contributed by atoms with Crippen LogP contribution in [-0.4, -0.2) is 35.9 Å². The fourth-order valence-corrected chi connectivity index (χ4v) is 3.59. The van der Waals surface area contributed by atoms with E-state index >= 15 is 0 Å². The molecule has 27 heavy (non-hydrogen) atoms. The van der Waals surface area contributed by atoms with Crippen LogP contribution in [0.1, 0.15) is 21.6 Å². The molecule has 1 aromatic heterocycles. The van der Waals surface area contributed by atoms with Gasteiger partial charge in [-0.15, -0.1) is 0 Å². The number of carbonyl (C=O) groups is 1. The summed E-state index contributed by atoms with van der Waals surface area (Å²) in [6.07, 6.45) is 0. The smallest absolute Gasteiger partial charge is 0.256 e. The third kappa shape index (κ3) is 3.43. The zero-order chi connectivity index (χ0) is 18.8. The van der Waals surface area contributed by atoms with E-state index in [1.165, 1.54) is 11.3 Å². The Bertz CT molecular complexity index is 968. The molecule has 2 aromatic carbocycles. The molecule has 0 spiro atoms. The van der Waals surface area contributed by atoms with Gasteiger partial charge in [-0.25, -0.2) is 0 Å². The fourth-order valence-electron chi connectivity index (χ4n) is 3.59. The highest BCUT2D eigenvalue weighted by Crippen LogP contribution is 2.25. The Morgan fingerprint density at radius 1 is 0.926 bits per heavy atom. The SMILES string of the molecule is Cc1nc(-c2ccccc2)ccc1C(=O)N1CCN(C)c2ccccc2C1. The number of nitrogens with zero attached hydrogens (tertiary/aromatic N) is 3. The van der Waals surface area contributed by atoms with Gasteiger partial charge in [-0.2, -0.15) is 0 Å². The minimum atomic E-state index is 0.0460. The number of anilines is 1. The van der Waals surface area contributed by atoms with Crippen LogP contribution in [0.25, 0.3) is 11.3 Å². The molecule has 4 nitrogen and oxygen atoms in total. The first-order valence-corrected chi connectivity index (χ1v) is 9.25. The van der Waals surface area contributed by atoms with E-state index in [4.69, 9.17) is 0 Å². The first kappa shape index (κ1) is 17.3. The summed E-state index contributed by atoms with van der Waals surface area (Å²) in [5, 5.41) is 0. The number of amides is 1. The van der Waals surface area contributed by atoms with Crippen molar-refractivity contribution in [3.63, 3.8) is 0 Å². The van der Waals surface area contributed by atoms with Crippen LogP contribution in [0.4, 0.5) is 5.69 Å². The maximum Gasteiger partial charge on any atom is 0.256 e. The molecule has 2 heterocycles. The van der Waals surface area contributed by atoms with Crippen LogP contribution in [0.3, 0.4) is 0 Å². The molecule has 1 aliphatic heterocycles. The summed E-state index contributed by atoms with van der Waals surface area (Å²) in [7, 11) is 2.08. The van der Waals surface area contributed by atoms with E-state index < -0.39 is 0 Å². The second-order valence-electron chi connectivity index (χ2n) is 6.97. The van der Waals surface area contributed by atoms with Gasteiger partial charge in [0.1, 0.15) is 0 Å². The molecule has 0 aliphatic carbocycles. The van der Waals surface area contributed by atoms with Gasteiger partial charge in [0.25, 0.3) is 5.91 Å². The lowest BCUT2D eigenvalue weighted by Crippen LogP contribution is -2.34. The lowest BCUT2D eigenvalue weighted by Gasteiger charge is -2.22. The molecule has 0 fully saturated rings. The third-order valence-corrected chi connectivity index (χ3v) is 5.14. The average molecular weight is 357 g/mol. The number of benzene rings is 2. The number of aryl methyl sites for hydroxylation is 1. The standard InChI is InChI=1S/C23H23N3O/c1-17-20(12-13-21(24-17)18-8-4-3-5-9-18)23(27)26-15-14-25(2)22-11-7-6-10-19(22)16-26/h3-13H,14-16H2,1-2H3. The van der Waals surface area contributed by atoms with E-state index in [2.05, 4.69) is 29.1 Å². The van der Waals surface area contributed by atoms with Crippen molar-refractivity contribution >= 4 is 11.6 Å². The van der Waals surface area contributed by atoms with E-state index in [0.29, 0.717) is 18.7 Å². The molecular formula is C23H23N3O. The molecule has 0 radical (unpaired) electrons. The topological polar surface area (TPSA) is 36.4 Å². The van der Waals surface area contributed by atoms with Gasteiger partial charge >= 0.3 is 0 Å². The Kier molecular flexibility index (Phi) is 4.63. The number of rotatable bonds is 2. The van der Waals surface area contributed by atoms with Crippen LogP contribution in [-0.2, 0) is 6.54 Å². The van der Waals surface area contributed by atoms with Crippen LogP contribution in [0, 0.1) is 6.92 Å². The molecule has 0 saturated carbocycles. The molecule has 1 amide bonds. The van der Waals surface area contributed by atoms with Crippen LogP contribution in [0.2, 0.25) is 0 Å². The van der Waals surface area contributed by atoms with E-state index in [9.17, 15) is 4.79 Å². The number of carbonyl (C=O) groups excluding carboxylic acids is 1. The van der Waals surface area contributed by atoms with Gasteiger partial charge in [0.05, 0.1) is 17.0 Å². The van der Waals surface area contributed by atoms with Crippen LogP contribution < -0.4 is 4.90 Å². The van der Waals surface area contributed by atoms with Crippen molar-refractivity contribution in [1.82, 2.24) is 9.88 Å². The van der Waals surface area contributed by atoms with Gasteiger partial charge in [0.2, 0.25) is 0 Å². The minimum absolute atomic E-state index is 0.0460. The molecular weight excluding hydrogens is 334 g/mol. The predicted molar refractivity (Wildman–Crippen MR) is 109 cm³/mol. The number of aromatic nitrogens is 1. The summed E-state index contributed by atoms with van der Waals surface area (Å²) in [5.74, 6) is 0.0460. The maximum absolute atomic E-state index is 13.2. The van der Waals surface area contributed by atoms with E-state index in [1.807, 2.05) is 66.4 Å². The molecule has 0 bridgehead atoms. The average Bonchev–Trinajstić information content (AvgIpc) is 2.87. The van der Waals surface area contributed by atoms with Gasteiger partial charge in [-0.05, 0) is 30.7 Å². The monoisotopic (exact) mass is 357 g/mol. The molecule has 0 atom stereocenters. The third-order valence-electron chi connectivity index (χ3n) is 5.14. The molecule has 136 valence electrons. The van der Waals surface area contributed by atoms with E-state index in [1.54, 1.807) is 0 Å². The summed E-state index contributed by atoms with van der Waals surface area (Å²) in [6, 6.07) is 22.2. The van der Waals surface area contributed by atoms with Crippen molar-refractivity contribution in [2.24, 2.45) is 0 Å². The second kappa shape index (κ2) is 7.23. The van der Waals surface area contributed by atoms with Crippen molar-refractivity contribution in [3.05, 3.63) is 83.6 Å². The number of fused-ring (bicyclic) bond motifs is 1. The molecule has 1 aliphatic rings. The van der Waals surface area contributed by atoms with Crippen molar-refractivity contribution in [2.45, 2.75) is 13.5 Å². The Labute approximate surface area is 160 Å². The first-order chi connectivity index (χ1) is 13.1. The van der Waals surface area contributed by atoms with Crippen LogP contribution in [0.5, 0.6) is 0 Å². The highest BCUT2D eigenvalue weighted by atomic mass is 16.2. The first-order valence-electron chi connectivity index (χ1n) is 9.25. The number of hydrogen-bond acceptors (Lipinski definition) is 3. The minimum Gasteiger partial charge on any atom is -0.373 e. The Balaban J connectivity index is 1.61. The molecule has 0 N–H and O–H groups in total. The largest absolute Gasteiger partial charge is 0.373 e. The molecule has 0 saturated heterocycles. The predicted octanol–water partition coefficient (Wildman–Crippen LogP) is 4.15. The van der Waals surface area contributed by atoms with Crippen LogP contribution in [0.15, 0.2) is 66.7 Å².